The van der Waals surface area contributed by atoms with Crippen LogP contribution in [0.2, 0.25) is 19.6 Å². The number of nitrogens with one attached hydrogen (secondary N) is 2. The van der Waals surface area contributed by atoms with E-state index in [9.17, 15) is 22.1 Å². The Morgan fingerprint density at radius 3 is 2.52 bits per heavy atom. The Hall–Kier alpha value is -2.55. The smallest absolute Gasteiger partial charge is 0.417 e. The Bertz CT molecular complexity index is 1590. The van der Waals surface area contributed by atoms with Gasteiger partial charge in [0.2, 0.25) is 0 Å². The second kappa shape index (κ2) is 13.4. The van der Waals surface area contributed by atoms with Crippen LogP contribution < -0.4 is 20.7 Å². The first-order valence-corrected chi connectivity index (χ1v) is 21.2. The van der Waals surface area contributed by atoms with Gasteiger partial charge in [-0.1, -0.05) is 24.0 Å². The molecule has 6 nitrogen and oxygen atoms in total. The molecule has 1 saturated heterocycles. The molecule has 3 aromatic rings. The number of rotatable bonds is 9. The number of benzene rings is 2. The van der Waals surface area contributed by atoms with Gasteiger partial charge in [-0.2, -0.15) is 13.2 Å². The second-order valence-electron chi connectivity index (χ2n) is 12.4. The summed E-state index contributed by atoms with van der Waals surface area (Å²) in [5.74, 6) is 6.44. The molecule has 2 N–H and O–H groups in total. The van der Waals surface area contributed by atoms with Gasteiger partial charge in [0.05, 0.1) is 40.6 Å². The molecule has 0 saturated carbocycles. The molecule has 240 valence electrons. The topological polar surface area (TPSA) is 62.8 Å². The molecule has 0 bridgehead atoms. The highest BCUT2D eigenvalue weighted by atomic mass is 32.1. The molecule has 13 heteroatoms. The zero-order valence-electron chi connectivity index (χ0n) is 26.1. The third kappa shape index (κ3) is 8.37. The summed E-state index contributed by atoms with van der Waals surface area (Å²) in [6, 6.07) is 9.88. The molecule has 1 aliphatic heterocycles. The number of ether oxygens (including phenoxy) is 1. The van der Waals surface area contributed by atoms with Gasteiger partial charge in [-0.05, 0) is 70.7 Å². The lowest BCUT2D eigenvalue weighted by molar-refractivity contribution is -0.200. The molecular weight excluding hydrogens is 629 g/mol. The third-order valence-electron chi connectivity index (χ3n) is 7.25. The van der Waals surface area contributed by atoms with Gasteiger partial charge in [0, 0.05) is 29.3 Å². The average molecular weight is 670 g/mol. The summed E-state index contributed by atoms with van der Waals surface area (Å²) >= 11 is 1.15. The van der Waals surface area contributed by atoms with Crippen LogP contribution >= 0.6 is 18.5 Å². The van der Waals surface area contributed by atoms with Crippen molar-refractivity contribution in [3.05, 3.63) is 46.8 Å². The first-order chi connectivity index (χ1) is 20.5. The van der Waals surface area contributed by atoms with E-state index in [4.69, 9.17) is 9.16 Å². The Balaban J connectivity index is 1.73. The van der Waals surface area contributed by atoms with Crippen LogP contribution in [0, 0.1) is 11.8 Å². The molecule has 0 radical (unpaired) electrons. The Morgan fingerprint density at radius 2 is 1.91 bits per heavy atom. The average Bonchev–Trinajstić information content (AvgIpc) is 3.28. The molecule has 0 amide bonds. The fourth-order valence-corrected chi connectivity index (χ4v) is 8.09. The molecule has 1 aromatic heterocycles. The standard InChI is InChI=1S/C31H40F4N3O3PSSi/c1-38-17-15-23(22(32)19-38)37-25-11-8-10-21-28(30(31(33,34)35)41-44(5,6)7)27(43-29(21)25)12-9-16-36-24-14-13-20(42(3,4)39)18-26(24)40-2/h8,10-11,13-14,18,22-23,30,36-37H,15-17,19H2,1-7H3. The number of halogens is 4. The number of fused-ring (bicyclic) bond motifs is 1. The van der Waals surface area contributed by atoms with Crippen LogP contribution in [0.25, 0.3) is 10.1 Å². The van der Waals surface area contributed by atoms with E-state index < -0.39 is 40.0 Å². The number of hydrogen-bond acceptors (Lipinski definition) is 7. The van der Waals surface area contributed by atoms with Crippen molar-refractivity contribution in [1.82, 2.24) is 4.90 Å². The molecule has 2 heterocycles. The molecular formula is C31H40F4N3O3PSSi. The van der Waals surface area contributed by atoms with Crippen LogP contribution in [-0.4, -0.2) is 78.7 Å². The largest absolute Gasteiger partial charge is 0.495 e. The van der Waals surface area contributed by atoms with Gasteiger partial charge >= 0.3 is 6.18 Å². The number of alkyl halides is 4. The van der Waals surface area contributed by atoms with Crippen molar-refractivity contribution in [3.63, 3.8) is 0 Å². The van der Waals surface area contributed by atoms with Crippen LogP contribution in [0.5, 0.6) is 5.75 Å². The lowest BCUT2D eigenvalue weighted by Crippen LogP contribution is -2.46. The number of anilines is 2. The van der Waals surface area contributed by atoms with Gasteiger partial charge in [-0.3, -0.25) is 0 Å². The fourth-order valence-electron chi connectivity index (χ4n) is 5.09. The molecule has 1 fully saturated rings. The maximum atomic E-state index is 14.9. The zero-order valence-corrected chi connectivity index (χ0v) is 28.8. The van der Waals surface area contributed by atoms with Crippen LogP contribution in [0.15, 0.2) is 36.4 Å². The Kier molecular flexibility index (Phi) is 10.5. The number of likely N-dealkylation sites (tertiary alicyclic amines) is 1. The highest BCUT2D eigenvalue weighted by molar-refractivity contribution is 7.70. The first kappa shape index (κ1) is 34.3. The van der Waals surface area contributed by atoms with E-state index in [1.165, 1.54) is 7.11 Å². The van der Waals surface area contributed by atoms with E-state index in [0.29, 0.717) is 38.9 Å². The minimum absolute atomic E-state index is 0.0140. The van der Waals surface area contributed by atoms with Gasteiger partial charge < -0.3 is 29.3 Å². The van der Waals surface area contributed by atoms with Gasteiger partial charge in [0.15, 0.2) is 14.4 Å². The minimum Gasteiger partial charge on any atom is -0.495 e. The van der Waals surface area contributed by atoms with Crippen LogP contribution in [0.1, 0.15) is 23.0 Å². The molecule has 4 rings (SSSR count). The molecule has 44 heavy (non-hydrogen) atoms. The van der Waals surface area contributed by atoms with Crippen LogP contribution in [-0.2, 0) is 8.99 Å². The molecule has 0 spiro atoms. The van der Waals surface area contributed by atoms with Crippen molar-refractivity contribution < 1.29 is 31.3 Å². The number of piperidine rings is 1. The lowest BCUT2D eigenvalue weighted by atomic mass is 10.0. The normalized spacial score (nSPS) is 18.9. The van der Waals surface area contributed by atoms with Crippen molar-refractivity contribution >= 4 is 53.6 Å². The minimum atomic E-state index is -4.67. The van der Waals surface area contributed by atoms with Crippen LogP contribution in [0.3, 0.4) is 0 Å². The summed E-state index contributed by atoms with van der Waals surface area (Å²) in [4.78, 5) is 2.17. The van der Waals surface area contributed by atoms with Crippen molar-refractivity contribution in [2.24, 2.45) is 0 Å². The quantitative estimate of drug-likeness (QED) is 0.106. The van der Waals surface area contributed by atoms with Gasteiger partial charge in [0.1, 0.15) is 19.1 Å². The summed E-state index contributed by atoms with van der Waals surface area (Å²) in [5, 5.41) is 7.49. The van der Waals surface area contributed by atoms with Crippen molar-refractivity contribution in [1.29, 1.82) is 0 Å². The zero-order chi connectivity index (χ0) is 32.4. The maximum Gasteiger partial charge on any atom is 0.417 e. The van der Waals surface area contributed by atoms with Crippen molar-refractivity contribution in [3.8, 4) is 17.6 Å². The second-order valence-corrected chi connectivity index (χ2v) is 21.1. The van der Waals surface area contributed by atoms with Gasteiger partial charge in [-0.25, -0.2) is 4.39 Å². The van der Waals surface area contributed by atoms with Crippen LogP contribution in [0.4, 0.5) is 28.9 Å². The summed E-state index contributed by atoms with van der Waals surface area (Å²) in [5.41, 5.74) is 1.19. The molecule has 2 aromatic carbocycles. The van der Waals surface area contributed by atoms with Crippen molar-refractivity contribution in [2.45, 2.75) is 50.6 Å². The summed E-state index contributed by atoms with van der Waals surface area (Å²) in [6.07, 6.45) is -7.36. The highest BCUT2D eigenvalue weighted by Gasteiger charge is 2.46. The summed E-state index contributed by atoms with van der Waals surface area (Å²) in [6.45, 7) is 9.64. The predicted octanol–water partition coefficient (Wildman–Crippen LogP) is 7.53. The maximum absolute atomic E-state index is 14.9. The molecule has 0 aliphatic carbocycles. The number of thiophene rings is 1. The number of methoxy groups -OCH3 is 1. The highest BCUT2D eigenvalue weighted by Crippen LogP contribution is 2.47. The number of hydrogen-bond donors (Lipinski definition) is 2. The van der Waals surface area contributed by atoms with Crippen molar-refractivity contribution in [2.75, 3.05) is 57.8 Å². The monoisotopic (exact) mass is 669 g/mol. The van der Waals surface area contributed by atoms with E-state index >= 15 is 0 Å². The molecule has 3 atom stereocenters. The fraction of sp³-hybridized carbons (Fsp3) is 0.484. The van der Waals surface area contributed by atoms with E-state index in [-0.39, 0.29) is 23.5 Å². The third-order valence-corrected chi connectivity index (χ3v) is 10.9. The Labute approximate surface area is 262 Å². The molecule has 1 aliphatic rings. The SMILES string of the molecule is COc1cc(P(C)(C)=O)ccc1NCC#Cc1sc2c(NC3CCN(C)CC3F)cccc2c1C(O[Si](C)(C)C)C(F)(F)F. The summed E-state index contributed by atoms with van der Waals surface area (Å²) in [7, 11) is -1.77. The van der Waals surface area contributed by atoms with E-state index in [0.717, 1.165) is 17.9 Å². The molecule has 3 unspecified atom stereocenters. The van der Waals surface area contributed by atoms with Gasteiger partial charge in [-0.15, -0.1) is 11.3 Å². The first-order valence-electron chi connectivity index (χ1n) is 14.3. The number of nitrogens with zero attached hydrogens (tertiary/aromatic N) is 1. The predicted molar refractivity (Wildman–Crippen MR) is 177 cm³/mol. The van der Waals surface area contributed by atoms with E-state index in [1.54, 1.807) is 69.4 Å². The Morgan fingerprint density at radius 1 is 1.18 bits per heavy atom. The van der Waals surface area contributed by atoms with E-state index in [1.807, 2.05) is 11.9 Å². The summed E-state index contributed by atoms with van der Waals surface area (Å²) < 4.78 is 83.1. The lowest BCUT2D eigenvalue weighted by Gasteiger charge is -2.33. The van der Waals surface area contributed by atoms with E-state index in [2.05, 4.69) is 22.5 Å². The van der Waals surface area contributed by atoms with Gasteiger partial charge in [0.25, 0.3) is 0 Å².